The fourth-order valence-corrected chi connectivity index (χ4v) is 1.80. The molecule has 3 nitrogen and oxygen atoms in total. The number of esters is 1. The lowest BCUT2D eigenvalue weighted by molar-refractivity contribution is -0.135. The quantitative estimate of drug-likeness (QED) is 0.259. The molecule has 0 aliphatic carbocycles. The number of carbonyl (C=O) groups is 2. The maximum Gasteiger partial charge on any atom is 0.341 e. The summed E-state index contributed by atoms with van der Waals surface area (Å²) in [6.07, 6.45) is 2.22. The molecular formula is C11H12O3S. The maximum atomic E-state index is 11.8. The molecule has 0 spiro atoms. The summed E-state index contributed by atoms with van der Waals surface area (Å²) in [7, 11) is 1.27. The third-order valence-electron chi connectivity index (χ3n) is 1.80. The van der Waals surface area contributed by atoms with Crippen molar-refractivity contribution >= 4 is 23.1 Å². The molecule has 0 radical (unpaired) electrons. The Labute approximate surface area is 92.4 Å². The Balaban J connectivity index is 2.97. The molecule has 0 bridgehead atoms. The Hall–Kier alpha value is -1.42. The lowest BCUT2D eigenvalue weighted by Gasteiger charge is -2.02. The summed E-state index contributed by atoms with van der Waals surface area (Å²) in [4.78, 5) is 23.7. The van der Waals surface area contributed by atoms with Gasteiger partial charge in [-0.05, 0) is 17.9 Å². The van der Waals surface area contributed by atoms with Crippen molar-refractivity contribution in [1.82, 2.24) is 0 Å². The van der Waals surface area contributed by atoms with Gasteiger partial charge in [-0.1, -0.05) is 19.1 Å². The number of Topliss-reactive ketones (excluding diaryl/α,β-unsaturated/α-hetero) is 1. The van der Waals surface area contributed by atoms with Crippen LogP contribution in [0.3, 0.4) is 0 Å². The van der Waals surface area contributed by atoms with E-state index in [9.17, 15) is 9.59 Å². The number of ether oxygens (including phenoxy) is 1. The molecule has 0 N–H and O–H groups in total. The molecule has 0 fully saturated rings. The predicted molar refractivity (Wildman–Crippen MR) is 59.0 cm³/mol. The highest BCUT2D eigenvalue weighted by atomic mass is 32.1. The summed E-state index contributed by atoms with van der Waals surface area (Å²) in [5, 5.41) is 1.80. The molecule has 1 rings (SSSR count). The second-order valence-electron chi connectivity index (χ2n) is 2.82. The number of rotatable bonds is 4. The highest BCUT2D eigenvalue weighted by Crippen LogP contribution is 2.15. The van der Waals surface area contributed by atoms with E-state index in [-0.39, 0.29) is 11.4 Å². The number of allylic oxidation sites excluding steroid dienone is 1. The summed E-state index contributed by atoms with van der Waals surface area (Å²) in [5.41, 5.74) is 0.113. The molecule has 0 unspecified atom stereocenters. The molecule has 80 valence electrons. The van der Waals surface area contributed by atoms with Gasteiger partial charge in [-0.25, -0.2) is 4.79 Å². The molecule has 0 saturated heterocycles. The normalized spacial score (nSPS) is 11.2. The van der Waals surface area contributed by atoms with Gasteiger partial charge < -0.3 is 4.74 Å². The lowest BCUT2D eigenvalue weighted by atomic mass is 10.1. The van der Waals surface area contributed by atoms with Crippen LogP contribution >= 0.6 is 11.3 Å². The first kappa shape index (κ1) is 11.7. The lowest BCUT2D eigenvalue weighted by Crippen LogP contribution is -2.13. The summed E-state index contributed by atoms with van der Waals surface area (Å²) in [5.74, 6) is -0.839. The van der Waals surface area contributed by atoms with Crippen molar-refractivity contribution in [2.75, 3.05) is 7.11 Å². The SMILES string of the molecule is CCC=C(C(=O)OC)C(=O)c1cccs1. The maximum absolute atomic E-state index is 11.8. The van der Waals surface area contributed by atoms with Crippen LogP contribution in [0, 0.1) is 0 Å². The van der Waals surface area contributed by atoms with Crippen LogP contribution in [0.2, 0.25) is 0 Å². The Morgan fingerprint density at radius 2 is 2.27 bits per heavy atom. The number of ketones is 1. The van der Waals surface area contributed by atoms with Gasteiger partial charge in [-0.15, -0.1) is 11.3 Å². The second kappa shape index (κ2) is 5.46. The Morgan fingerprint density at radius 1 is 1.53 bits per heavy atom. The number of thiophene rings is 1. The predicted octanol–water partition coefficient (Wildman–Crippen LogP) is 2.44. The van der Waals surface area contributed by atoms with Gasteiger partial charge >= 0.3 is 5.97 Å². The number of hydrogen-bond acceptors (Lipinski definition) is 4. The van der Waals surface area contributed by atoms with Gasteiger partial charge in [-0.2, -0.15) is 0 Å². The Morgan fingerprint density at radius 3 is 2.73 bits per heavy atom. The zero-order valence-corrected chi connectivity index (χ0v) is 9.47. The molecule has 0 amide bonds. The molecule has 4 heteroatoms. The van der Waals surface area contributed by atoms with Crippen molar-refractivity contribution in [3.63, 3.8) is 0 Å². The first-order chi connectivity index (χ1) is 7.20. The van der Waals surface area contributed by atoms with Crippen LogP contribution in [0.25, 0.3) is 0 Å². The fourth-order valence-electron chi connectivity index (χ4n) is 1.12. The summed E-state index contributed by atoms with van der Waals surface area (Å²) >= 11 is 1.31. The first-order valence-electron chi connectivity index (χ1n) is 4.57. The summed E-state index contributed by atoms with van der Waals surface area (Å²) < 4.78 is 4.56. The molecule has 1 aromatic rings. The van der Waals surface area contributed by atoms with E-state index in [0.29, 0.717) is 11.3 Å². The third kappa shape index (κ3) is 2.76. The third-order valence-corrected chi connectivity index (χ3v) is 2.67. The van der Waals surface area contributed by atoms with Crippen molar-refractivity contribution < 1.29 is 14.3 Å². The van der Waals surface area contributed by atoms with E-state index in [0.717, 1.165) is 0 Å². The highest BCUT2D eigenvalue weighted by molar-refractivity contribution is 7.12. The second-order valence-corrected chi connectivity index (χ2v) is 3.77. The van der Waals surface area contributed by atoms with E-state index in [1.165, 1.54) is 18.4 Å². The van der Waals surface area contributed by atoms with E-state index in [1.54, 1.807) is 23.6 Å². The molecule has 0 atom stereocenters. The average molecular weight is 224 g/mol. The molecule has 15 heavy (non-hydrogen) atoms. The van der Waals surface area contributed by atoms with E-state index < -0.39 is 5.97 Å². The van der Waals surface area contributed by atoms with Gasteiger partial charge in [0, 0.05) is 0 Å². The van der Waals surface area contributed by atoms with Crippen LogP contribution in [0.5, 0.6) is 0 Å². The van der Waals surface area contributed by atoms with E-state index in [2.05, 4.69) is 4.74 Å². The highest BCUT2D eigenvalue weighted by Gasteiger charge is 2.20. The van der Waals surface area contributed by atoms with Crippen molar-refractivity contribution in [2.45, 2.75) is 13.3 Å². The zero-order chi connectivity index (χ0) is 11.3. The molecule has 1 heterocycles. The Bertz CT molecular complexity index is 377. The number of methoxy groups -OCH3 is 1. The van der Waals surface area contributed by atoms with Crippen LogP contribution in [0.15, 0.2) is 29.2 Å². The van der Waals surface area contributed by atoms with Crippen molar-refractivity contribution in [2.24, 2.45) is 0 Å². The molecule has 0 aliphatic rings. The van der Waals surface area contributed by atoms with Crippen LogP contribution in [-0.2, 0) is 9.53 Å². The first-order valence-corrected chi connectivity index (χ1v) is 5.45. The minimum atomic E-state index is -0.574. The minimum absolute atomic E-state index is 0.113. The van der Waals surface area contributed by atoms with Gasteiger partial charge in [0.15, 0.2) is 0 Å². The zero-order valence-electron chi connectivity index (χ0n) is 8.65. The van der Waals surface area contributed by atoms with Crippen LogP contribution in [0.4, 0.5) is 0 Å². The average Bonchev–Trinajstić information content (AvgIpc) is 2.77. The summed E-state index contributed by atoms with van der Waals surface area (Å²) in [6, 6.07) is 3.47. The summed E-state index contributed by atoms with van der Waals surface area (Å²) in [6.45, 7) is 1.87. The molecular weight excluding hydrogens is 212 g/mol. The van der Waals surface area contributed by atoms with Crippen LogP contribution in [0.1, 0.15) is 23.0 Å². The van der Waals surface area contributed by atoms with Gasteiger partial charge in [0.2, 0.25) is 5.78 Å². The molecule has 0 aromatic carbocycles. The molecule has 1 aromatic heterocycles. The van der Waals surface area contributed by atoms with Crippen molar-refractivity contribution in [1.29, 1.82) is 0 Å². The van der Waals surface area contributed by atoms with Gasteiger partial charge in [0.25, 0.3) is 0 Å². The molecule has 0 aliphatic heterocycles. The number of carbonyl (C=O) groups excluding carboxylic acids is 2. The van der Waals surface area contributed by atoms with Gasteiger partial charge in [-0.3, -0.25) is 4.79 Å². The van der Waals surface area contributed by atoms with E-state index in [1.807, 2.05) is 6.92 Å². The Kier molecular flexibility index (Phi) is 4.24. The smallest absolute Gasteiger partial charge is 0.341 e. The fraction of sp³-hybridized carbons (Fsp3) is 0.273. The minimum Gasteiger partial charge on any atom is -0.465 e. The molecule has 0 saturated carbocycles. The van der Waals surface area contributed by atoms with Crippen molar-refractivity contribution in [3.05, 3.63) is 34.0 Å². The monoisotopic (exact) mass is 224 g/mol. The number of hydrogen-bond donors (Lipinski definition) is 0. The van der Waals surface area contributed by atoms with Crippen LogP contribution in [-0.4, -0.2) is 18.9 Å². The van der Waals surface area contributed by atoms with Gasteiger partial charge in [0.1, 0.15) is 5.57 Å². The van der Waals surface area contributed by atoms with Crippen molar-refractivity contribution in [3.8, 4) is 0 Å². The largest absolute Gasteiger partial charge is 0.465 e. The topological polar surface area (TPSA) is 43.4 Å². The van der Waals surface area contributed by atoms with Gasteiger partial charge in [0.05, 0.1) is 12.0 Å². The van der Waals surface area contributed by atoms with Crippen LogP contribution < -0.4 is 0 Å². The standard InChI is InChI=1S/C11H12O3S/c1-3-5-8(11(13)14-2)10(12)9-6-4-7-15-9/h4-7H,3H2,1-2H3. The van der Waals surface area contributed by atoms with E-state index in [4.69, 9.17) is 0 Å². The van der Waals surface area contributed by atoms with E-state index >= 15 is 0 Å².